The van der Waals surface area contributed by atoms with Gasteiger partial charge in [-0.25, -0.2) is 4.79 Å². The average molecular weight is 301 g/mol. The van der Waals surface area contributed by atoms with Crippen molar-refractivity contribution >= 4 is 16.9 Å². The molecule has 0 unspecified atom stereocenters. The number of fused-ring (bicyclic) bond motifs is 1. The maximum absolute atomic E-state index is 12.1. The number of amides is 2. The van der Waals surface area contributed by atoms with Crippen LogP contribution in [0.15, 0.2) is 24.3 Å². The Labute approximate surface area is 130 Å². The molecule has 5 nitrogen and oxygen atoms in total. The Morgan fingerprint density at radius 3 is 3.09 bits per heavy atom. The van der Waals surface area contributed by atoms with Gasteiger partial charge >= 0.3 is 6.03 Å². The van der Waals surface area contributed by atoms with Gasteiger partial charge in [0.15, 0.2) is 0 Å². The molecule has 0 radical (unpaired) electrons. The maximum atomic E-state index is 12.1. The van der Waals surface area contributed by atoms with Crippen molar-refractivity contribution in [2.24, 2.45) is 0 Å². The normalized spacial score (nSPS) is 18.6. The predicted molar refractivity (Wildman–Crippen MR) is 87.0 cm³/mol. The minimum Gasteiger partial charge on any atom is -0.391 e. The van der Waals surface area contributed by atoms with Gasteiger partial charge in [0.25, 0.3) is 0 Å². The Hall–Kier alpha value is -2.01. The molecule has 0 aliphatic carbocycles. The number of piperidine rings is 1. The summed E-state index contributed by atoms with van der Waals surface area (Å²) in [7, 11) is 0. The third kappa shape index (κ3) is 3.09. The molecule has 2 amide bonds. The highest BCUT2D eigenvalue weighted by Crippen LogP contribution is 2.21. The van der Waals surface area contributed by atoms with Crippen LogP contribution in [0.3, 0.4) is 0 Å². The first kappa shape index (κ1) is 14.9. The summed E-state index contributed by atoms with van der Waals surface area (Å²) in [6, 6.07) is 8.16. The number of aliphatic hydroxyl groups excluding tert-OH is 1. The number of rotatable bonds is 3. The monoisotopic (exact) mass is 301 g/mol. The number of aliphatic hydroxyl groups is 1. The molecule has 1 fully saturated rings. The molecule has 2 heterocycles. The van der Waals surface area contributed by atoms with Gasteiger partial charge in [-0.05, 0) is 37.8 Å². The summed E-state index contributed by atoms with van der Waals surface area (Å²) in [6.45, 7) is 3.85. The molecular weight excluding hydrogens is 278 g/mol. The highest BCUT2D eigenvalue weighted by molar-refractivity contribution is 5.84. The lowest BCUT2D eigenvalue weighted by atomic mass is 10.1. The van der Waals surface area contributed by atoms with E-state index in [0.717, 1.165) is 37.0 Å². The highest BCUT2D eigenvalue weighted by atomic mass is 16.3. The number of hydrogen-bond donors (Lipinski definition) is 3. The number of H-pyrrole nitrogens is 1. The van der Waals surface area contributed by atoms with Gasteiger partial charge in [0, 0.05) is 36.2 Å². The number of urea groups is 1. The quantitative estimate of drug-likeness (QED) is 0.813. The van der Waals surface area contributed by atoms with E-state index in [1.54, 1.807) is 4.90 Å². The van der Waals surface area contributed by atoms with Crippen molar-refractivity contribution in [1.82, 2.24) is 15.2 Å². The van der Waals surface area contributed by atoms with Crippen LogP contribution in [0.1, 0.15) is 24.1 Å². The number of β-amino-alcohol motifs (C(OH)–C–C–N with tert-alkyl or cyclic N) is 1. The minimum atomic E-state index is -0.379. The van der Waals surface area contributed by atoms with Crippen molar-refractivity contribution in [3.05, 3.63) is 35.5 Å². The van der Waals surface area contributed by atoms with Crippen molar-refractivity contribution in [3.8, 4) is 0 Å². The topological polar surface area (TPSA) is 68.4 Å². The molecule has 22 heavy (non-hydrogen) atoms. The van der Waals surface area contributed by atoms with Gasteiger partial charge in [0.1, 0.15) is 0 Å². The number of likely N-dealkylation sites (tertiary alicyclic amines) is 1. The fourth-order valence-corrected chi connectivity index (χ4v) is 3.20. The Morgan fingerprint density at radius 2 is 2.27 bits per heavy atom. The molecule has 0 spiro atoms. The molecule has 0 bridgehead atoms. The summed E-state index contributed by atoms with van der Waals surface area (Å²) in [5, 5.41) is 13.8. The van der Waals surface area contributed by atoms with E-state index in [1.807, 2.05) is 12.1 Å². The van der Waals surface area contributed by atoms with Gasteiger partial charge in [-0.3, -0.25) is 0 Å². The predicted octanol–water partition coefficient (Wildman–Crippen LogP) is 2.19. The molecule has 0 saturated carbocycles. The molecule has 5 heteroatoms. The number of hydrogen-bond acceptors (Lipinski definition) is 2. The Morgan fingerprint density at radius 1 is 1.45 bits per heavy atom. The van der Waals surface area contributed by atoms with Crippen molar-refractivity contribution in [1.29, 1.82) is 0 Å². The molecule has 118 valence electrons. The second kappa shape index (κ2) is 6.40. The Balaban J connectivity index is 1.58. The number of benzene rings is 1. The van der Waals surface area contributed by atoms with Crippen LogP contribution in [-0.4, -0.2) is 46.8 Å². The zero-order valence-corrected chi connectivity index (χ0v) is 12.9. The number of nitrogens with one attached hydrogen (secondary N) is 2. The first-order valence-corrected chi connectivity index (χ1v) is 7.92. The third-order valence-electron chi connectivity index (χ3n) is 4.36. The second-order valence-electron chi connectivity index (χ2n) is 6.00. The van der Waals surface area contributed by atoms with Crippen LogP contribution in [-0.2, 0) is 6.42 Å². The fourth-order valence-electron chi connectivity index (χ4n) is 3.20. The van der Waals surface area contributed by atoms with Crippen LogP contribution < -0.4 is 5.32 Å². The van der Waals surface area contributed by atoms with Gasteiger partial charge in [-0.1, -0.05) is 18.2 Å². The number of para-hydroxylation sites is 1. The average Bonchev–Trinajstić information content (AvgIpc) is 2.83. The summed E-state index contributed by atoms with van der Waals surface area (Å²) in [5.74, 6) is 0. The van der Waals surface area contributed by atoms with Gasteiger partial charge < -0.3 is 20.3 Å². The molecule has 3 N–H and O–H groups in total. The molecule has 1 saturated heterocycles. The third-order valence-corrected chi connectivity index (χ3v) is 4.36. The van der Waals surface area contributed by atoms with Crippen LogP contribution in [0, 0.1) is 6.92 Å². The Bertz CT molecular complexity index is 665. The molecular formula is C17H23N3O2. The van der Waals surface area contributed by atoms with Crippen molar-refractivity contribution in [2.45, 2.75) is 32.3 Å². The number of aromatic nitrogens is 1. The number of aromatic amines is 1. The molecule has 3 rings (SSSR count). The lowest BCUT2D eigenvalue weighted by Gasteiger charge is -2.30. The summed E-state index contributed by atoms with van der Waals surface area (Å²) >= 11 is 0. The van der Waals surface area contributed by atoms with Gasteiger partial charge in [0.2, 0.25) is 0 Å². The molecule has 1 aliphatic heterocycles. The van der Waals surface area contributed by atoms with E-state index in [0.29, 0.717) is 13.1 Å². The molecule has 1 aromatic carbocycles. The van der Waals surface area contributed by atoms with E-state index >= 15 is 0 Å². The zero-order chi connectivity index (χ0) is 15.5. The zero-order valence-electron chi connectivity index (χ0n) is 12.9. The van der Waals surface area contributed by atoms with Gasteiger partial charge in [-0.2, -0.15) is 0 Å². The van der Waals surface area contributed by atoms with E-state index < -0.39 is 0 Å². The minimum absolute atomic E-state index is 0.0729. The maximum Gasteiger partial charge on any atom is 0.317 e. The molecule has 2 aromatic rings. The van der Waals surface area contributed by atoms with E-state index in [-0.39, 0.29) is 12.1 Å². The molecule has 1 aromatic heterocycles. The Kier molecular flexibility index (Phi) is 4.34. The van der Waals surface area contributed by atoms with Crippen molar-refractivity contribution in [3.63, 3.8) is 0 Å². The second-order valence-corrected chi connectivity index (χ2v) is 6.00. The van der Waals surface area contributed by atoms with Crippen molar-refractivity contribution < 1.29 is 9.90 Å². The largest absolute Gasteiger partial charge is 0.391 e. The molecule has 1 aliphatic rings. The van der Waals surface area contributed by atoms with Crippen LogP contribution in [0.25, 0.3) is 10.9 Å². The lowest BCUT2D eigenvalue weighted by Crippen LogP contribution is -2.47. The first-order chi connectivity index (χ1) is 10.6. The smallest absolute Gasteiger partial charge is 0.317 e. The number of carbonyl (C=O) groups is 1. The summed E-state index contributed by atoms with van der Waals surface area (Å²) in [5.41, 5.74) is 3.55. The highest BCUT2D eigenvalue weighted by Gasteiger charge is 2.21. The van der Waals surface area contributed by atoms with Crippen LogP contribution >= 0.6 is 0 Å². The van der Waals surface area contributed by atoms with Crippen LogP contribution in [0.4, 0.5) is 4.79 Å². The van der Waals surface area contributed by atoms with Crippen LogP contribution in [0.2, 0.25) is 0 Å². The van der Waals surface area contributed by atoms with E-state index in [2.05, 4.69) is 29.4 Å². The number of carbonyl (C=O) groups excluding carboxylic acids is 1. The summed E-state index contributed by atoms with van der Waals surface area (Å²) < 4.78 is 0. The lowest BCUT2D eigenvalue weighted by molar-refractivity contribution is 0.0843. The summed E-state index contributed by atoms with van der Waals surface area (Å²) in [6.07, 6.45) is 2.09. The molecule has 1 atom stereocenters. The van der Waals surface area contributed by atoms with Crippen LogP contribution in [0.5, 0.6) is 0 Å². The fraction of sp³-hybridized carbons (Fsp3) is 0.471. The number of nitrogens with zero attached hydrogens (tertiary/aromatic N) is 1. The van der Waals surface area contributed by atoms with E-state index in [1.165, 1.54) is 10.9 Å². The summed E-state index contributed by atoms with van der Waals surface area (Å²) in [4.78, 5) is 17.2. The van der Waals surface area contributed by atoms with E-state index in [4.69, 9.17) is 0 Å². The van der Waals surface area contributed by atoms with Gasteiger partial charge in [-0.15, -0.1) is 0 Å². The first-order valence-electron chi connectivity index (χ1n) is 7.92. The van der Waals surface area contributed by atoms with Crippen molar-refractivity contribution in [2.75, 3.05) is 19.6 Å². The standard InChI is InChI=1S/C17H23N3O2/c1-12-14(15-6-2-3-7-16(15)19-12)8-9-18-17(22)20-10-4-5-13(21)11-20/h2-3,6-7,13,19,21H,4-5,8-11H2,1H3,(H,18,22)/t13-/m1/s1. The van der Waals surface area contributed by atoms with Gasteiger partial charge in [0.05, 0.1) is 6.10 Å². The number of aryl methyl sites for hydroxylation is 1. The van der Waals surface area contributed by atoms with E-state index in [9.17, 15) is 9.90 Å². The SMILES string of the molecule is Cc1[nH]c2ccccc2c1CCNC(=O)N1CCC[C@@H](O)C1.